The van der Waals surface area contributed by atoms with Crippen LogP contribution in [0.25, 0.3) is 0 Å². The summed E-state index contributed by atoms with van der Waals surface area (Å²) in [7, 11) is 0. The maximum atomic E-state index is 10.5. The molecule has 0 saturated carbocycles. The average Bonchev–Trinajstić information content (AvgIpc) is 2.55. The second-order valence-corrected chi connectivity index (χ2v) is 5.59. The lowest BCUT2D eigenvalue weighted by Gasteiger charge is -2.25. The number of aliphatic carboxylic acids is 1. The molecule has 19 heavy (non-hydrogen) atoms. The van der Waals surface area contributed by atoms with Crippen molar-refractivity contribution >= 4 is 11.7 Å². The Labute approximate surface area is 114 Å². The molecule has 1 aliphatic rings. The number of hydrogen-bond donors (Lipinski definition) is 1. The summed E-state index contributed by atoms with van der Waals surface area (Å²) in [5.41, 5.74) is 3.58. The van der Waals surface area contributed by atoms with Gasteiger partial charge in [0.25, 0.3) is 0 Å². The topological polar surface area (TPSA) is 40.5 Å². The summed E-state index contributed by atoms with van der Waals surface area (Å²) in [6.07, 6.45) is 1.82. The molecule has 0 spiro atoms. The van der Waals surface area contributed by atoms with Crippen LogP contribution in [0, 0.1) is 0 Å². The average molecular weight is 259 g/mol. The van der Waals surface area contributed by atoms with Crippen LogP contribution in [0.2, 0.25) is 0 Å². The molecule has 1 aromatic rings. The summed E-state index contributed by atoms with van der Waals surface area (Å²) in [4.78, 5) is 12.8. The first kappa shape index (κ1) is 13.7. The molecular formula is C16H21NO2. The minimum atomic E-state index is -0.721. The summed E-state index contributed by atoms with van der Waals surface area (Å²) >= 11 is 0. The molecule has 0 bridgehead atoms. The maximum Gasteiger partial charge on any atom is 0.303 e. The molecule has 0 saturated heterocycles. The van der Waals surface area contributed by atoms with Gasteiger partial charge >= 0.3 is 5.97 Å². The summed E-state index contributed by atoms with van der Waals surface area (Å²) < 4.78 is 0. The Kier molecular flexibility index (Phi) is 3.65. The summed E-state index contributed by atoms with van der Waals surface area (Å²) in [5, 5.41) is 8.67. The van der Waals surface area contributed by atoms with Crippen LogP contribution < -0.4 is 4.90 Å². The Morgan fingerprint density at radius 2 is 2.00 bits per heavy atom. The van der Waals surface area contributed by atoms with E-state index in [9.17, 15) is 4.79 Å². The Balaban J connectivity index is 2.10. The molecule has 0 fully saturated rings. The molecule has 0 unspecified atom stereocenters. The number of carboxylic acids is 1. The molecule has 1 aliphatic heterocycles. The standard InChI is InChI=1S/C16H21NO2/c1-12-16(2,3)13-8-4-5-9-14(13)17(12)11-7-6-10-15(18)19/h4-5,8-9H,1,6-7,10-11H2,2-3H3,(H,18,19). The highest BCUT2D eigenvalue weighted by Gasteiger charge is 2.38. The highest BCUT2D eigenvalue weighted by molar-refractivity contribution is 5.69. The van der Waals surface area contributed by atoms with Gasteiger partial charge in [-0.2, -0.15) is 0 Å². The number of para-hydroxylation sites is 1. The van der Waals surface area contributed by atoms with Crippen molar-refractivity contribution < 1.29 is 9.90 Å². The first-order valence-electron chi connectivity index (χ1n) is 6.73. The molecule has 3 heteroatoms. The minimum absolute atomic E-state index is 0.0383. The number of fused-ring (bicyclic) bond motifs is 1. The minimum Gasteiger partial charge on any atom is -0.481 e. The van der Waals surface area contributed by atoms with Crippen LogP contribution in [-0.4, -0.2) is 17.6 Å². The Morgan fingerprint density at radius 1 is 1.32 bits per heavy atom. The first-order chi connectivity index (χ1) is 8.94. The summed E-state index contributed by atoms with van der Waals surface area (Å²) in [6.45, 7) is 9.44. The van der Waals surface area contributed by atoms with Crippen LogP contribution in [0.3, 0.4) is 0 Å². The summed E-state index contributed by atoms with van der Waals surface area (Å²) in [5.74, 6) is -0.721. The number of nitrogens with zero attached hydrogens (tertiary/aromatic N) is 1. The van der Waals surface area contributed by atoms with Crippen molar-refractivity contribution in [3.05, 3.63) is 42.1 Å². The number of anilines is 1. The highest BCUT2D eigenvalue weighted by atomic mass is 16.4. The van der Waals surface area contributed by atoms with Crippen molar-refractivity contribution in [2.24, 2.45) is 0 Å². The number of benzene rings is 1. The zero-order valence-electron chi connectivity index (χ0n) is 11.6. The molecule has 1 heterocycles. The van der Waals surface area contributed by atoms with Gasteiger partial charge in [0, 0.05) is 29.8 Å². The molecule has 1 aromatic carbocycles. The number of hydrogen-bond acceptors (Lipinski definition) is 2. The number of carboxylic acid groups (broad SMARTS) is 1. The van der Waals surface area contributed by atoms with Crippen molar-refractivity contribution in [2.45, 2.75) is 38.5 Å². The molecule has 0 atom stereocenters. The van der Waals surface area contributed by atoms with E-state index in [4.69, 9.17) is 5.11 Å². The number of unbranched alkanes of at least 4 members (excludes halogenated alkanes) is 1. The van der Waals surface area contributed by atoms with Crippen molar-refractivity contribution in [2.75, 3.05) is 11.4 Å². The van der Waals surface area contributed by atoms with E-state index in [2.05, 4.69) is 43.5 Å². The van der Waals surface area contributed by atoms with Crippen LogP contribution in [0.1, 0.15) is 38.7 Å². The predicted molar refractivity (Wildman–Crippen MR) is 77.4 cm³/mol. The van der Waals surface area contributed by atoms with Crippen molar-refractivity contribution in [3.8, 4) is 0 Å². The predicted octanol–water partition coefficient (Wildman–Crippen LogP) is 3.55. The Hall–Kier alpha value is -1.77. The van der Waals surface area contributed by atoms with Gasteiger partial charge in [0.15, 0.2) is 0 Å². The zero-order valence-corrected chi connectivity index (χ0v) is 11.6. The fourth-order valence-corrected chi connectivity index (χ4v) is 2.68. The fraction of sp³-hybridized carbons (Fsp3) is 0.438. The maximum absolute atomic E-state index is 10.5. The number of allylic oxidation sites excluding steroid dienone is 1. The third-order valence-corrected chi connectivity index (χ3v) is 3.94. The van der Waals surface area contributed by atoms with Gasteiger partial charge in [-0.15, -0.1) is 0 Å². The van der Waals surface area contributed by atoms with E-state index in [0.29, 0.717) is 6.42 Å². The van der Waals surface area contributed by atoms with Gasteiger partial charge in [0.1, 0.15) is 0 Å². The first-order valence-corrected chi connectivity index (χ1v) is 6.73. The molecule has 0 aliphatic carbocycles. The summed E-state index contributed by atoms with van der Waals surface area (Å²) in [6, 6.07) is 8.36. The molecule has 1 N–H and O–H groups in total. The second kappa shape index (κ2) is 5.08. The molecule has 3 nitrogen and oxygen atoms in total. The van der Waals surface area contributed by atoms with Crippen LogP contribution in [0.4, 0.5) is 5.69 Å². The van der Waals surface area contributed by atoms with E-state index in [0.717, 1.165) is 18.7 Å². The molecule has 0 amide bonds. The van der Waals surface area contributed by atoms with Crippen LogP contribution in [-0.2, 0) is 10.2 Å². The van der Waals surface area contributed by atoms with Crippen molar-refractivity contribution in [3.63, 3.8) is 0 Å². The van der Waals surface area contributed by atoms with E-state index in [-0.39, 0.29) is 11.8 Å². The van der Waals surface area contributed by atoms with Crippen molar-refractivity contribution in [1.29, 1.82) is 0 Å². The van der Waals surface area contributed by atoms with Crippen LogP contribution >= 0.6 is 0 Å². The van der Waals surface area contributed by atoms with E-state index in [1.807, 2.05) is 6.07 Å². The SMILES string of the molecule is C=C1N(CCCCC(=O)O)c2ccccc2C1(C)C. The van der Waals surface area contributed by atoms with E-state index >= 15 is 0 Å². The van der Waals surface area contributed by atoms with E-state index in [1.165, 1.54) is 11.3 Å². The van der Waals surface area contributed by atoms with Gasteiger partial charge in [-0.1, -0.05) is 38.6 Å². The fourth-order valence-electron chi connectivity index (χ4n) is 2.68. The van der Waals surface area contributed by atoms with Crippen LogP contribution in [0.5, 0.6) is 0 Å². The molecular weight excluding hydrogens is 238 g/mol. The van der Waals surface area contributed by atoms with E-state index in [1.54, 1.807) is 0 Å². The molecule has 0 aromatic heterocycles. The van der Waals surface area contributed by atoms with Gasteiger partial charge in [-0.3, -0.25) is 4.79 Å². The van der Waals surface area contributed by atoms with Gasteiger partial charge < -0.3 is 10.0 Å². The lowest BCUT2D eigenvalue weighted by Crippen LogP contribution is -2.26. The lowest BCUT2D eigenvalue weighted by atomic mass is 9.84. The number of rotatable bonds is 5. The van der Waals surface area contributed by atoms with Gasteiger partial charge in [0.2, 0.25) is 0 Å². The largest absolute Gasteiger partial charge is 0.481 e. The quantitative estimate of drug-likeness (QED) is 0.822. The van der Waals surface area contributed by atoms with Gasteiger partial charge in [-0.25, -0.2) is 0 Å². The third-order valence-electron chi connectivity index (χ3n) is 3.94. The van der Waals surface area contributed by atoms with Gasteiger partial charge in [-0.05, 0) is 24.5 Å². The van der Waals surface area contributed by atoms with Gasteiger partial charge in [0.05, 0.1) is 0 Å². The van der Waals surface area contributed by atoms with Crippen molar-refractivity contribution in [1.82, 2.24) is 0 Å². The van der Waals surface area contributed by atoms with Crippen LogP contribution in [0.15, 0.2) is 36.5 Å². The molecule has 2 rings (SSSR count). The third kappa shape index (κ3) is 2.50. The number of carbonyl (C=O) groups is 1. The zero-order chi connectivity index (χ0) is 14.0. The lowest BCUT2D eigenvalue weighted by molar-refractivity contribution is -0.137. The smallest absolute Gasteiger partial charge is 0.303 e. The molecule has 0 radical (unpaired) electrons. The second-order valence-electron chi connectivity index (χ2n) is 5.59. The van der Waals surface area contributed by atoms with E-state index < -0.39 is 5.97 Å². The Morgan fingerprint density at radius 3 is 2.68 bits per heavy atom. The monoisotopic (exact) mass is 259 g/mol. The normalized spacial score (nSPS) is 16.5. The highest BCUT2D eigenvalue weighted by Crippen LogP contribution is 2.46. The molecule has 102 valence electrons. The Bertz CT molecular complexity index is 505.